The predicted molar refractivity (Wildman–Crippen MR) is 104 cm³/mol. The first kappa shape index (κ1) is 20.9. The zero-order valence-electron chi connectivity index (χ0n) is 15.2. The SMILES string of the molecule is O=C(CCCN1C(=O)c2ccc(Br)cc2C1=O)NCc1ccccc1OC(F)F. The summed E-state index contributed by atoms with van der Waals surface area (Å²) in [6.07, 6.45) is 0.364. The van der Waals surface area contributed by atoms with Crippen molar-refractivity contribution in [1.29, 1.82) is 0 Å². The van der Waals surface area contributed by atoms with Crippen LogP contribution >= 0.6 is 15.9 Å². The average molecular weight is 467 g/mol. The molecule has 0 saturated heterocycles. The maximum Gasteiger partial charge on any atom is 0.387 e. The average Bonchev–Trinajstić information content (AvgIpc) is 2.91. The maximum absolute atomic E-state index is 12.4. The Morgan fingerprint density at radius 2 is 1.83 bits per heavy atom. The summed E-state index contributed by atoms with van der Waals surface area (Å²) in [5, 5.41) is 2.63. The molecule has 0 aliphatic carbocycles. The zero-order chi connectivity index (χ0) is 21.0. The van der Waals surface area contributed by atoms with Crippen LogP contribution in [0.3, 0.4) is 0 Å². The highest BCUT2D eigenvalue weighted by atomic mass is 79.9. The van der Waals surface area contributed by atoms with E-state index >= 15 is 0 Å². The van der Waals surface area contributed by atoms with Crippen molar-refractivity contribution in [3.8, 4) is 5.75 Å². The number of rotatable bonds is 8. The summed E-state index contributed by atoms with van der Waals surface area (Å²) in [7, 11) is 0. The van der Waals surface area contributed by atoms with Crippen molar-refractivity contribution in [2.45, 2.75) is 26.0 Å². The summed E-state index contributed by atoms with van der Waals surface area (Å²) in [6.45, 7) is -2.81. The van der Waals surface area contributed by atoms with Gasteiger partial charge >= 0.3 is 6.61 Å². The van der Waals surface area contributed by atoms with Crippen LogP contribution in [-0.4, -0.2) is 35.8 Å². The lowest BCUT2D eigenvalue weighted by Crippen LogP contribution is -2.32. The minimum atomic E-state index is -2.95. The van der Waals surface area contributed by atoms with Gasteiger partial charge in [0, 0.05) is 29.5 Å². The predicted octanol–water partition coefficient (Wildman–Crippen LogP) is 3.74. The van der Waals surface area contributed by atoms with Gasteiger partial charge in [-0.2, -0.15) is 8.78 Å². The molecule has 2 aromatic rings. The van der Waals surface area contributed by atoms with E-state index in [4.69, 9.17) is 0 Å². The van der Waals surface area contributed by atoms with Gasteiger partial charge in [0.25, 0.3) is 11.8 Å². The first-order valence-electron chi connectivity index (χ1n) is 8.82. The number of amides is 3. The molecule has 3 amide bonds. The van der Waals surface area contributed by atoms with Crippen molar-refractivity contribution in [3.63, 3.8) is 0 Å². The normalized spacial score (nSPS) is 13.0. The number of alkyl halides is 2. The van der Waals surface area contributed by atoms with Crippen LogP contribution in [0.15, 0.2) is 46.9 Å². The van der Waals surface area contributed by atoms with Crippen LogP contribution in [0.5, 0.6) is 5.75 Å². The monoisotopic (exact) mass is 466 g/mol. The van der Waals surface area contributed by atoms with Crippen LogP contribution in [0.4, 0.5) is 8.78 Å². The summed E-state index contributed by atoms with van der Waals surface area (Å²) >= 11 is 3.27. The van der Waals surface area contributed by atoms with E-state index in [1.807, 2.05) is 0 Å². The highest BCUT2D eigenvalue weighted by Crippen LogP contribution is 2.26. The molecule has 2 aromatic carbocycles. The molecule has 0 bridgehead atoms. The molecule has 1 aliphatic rings. The lowest BCUT2D eigenvalue weighted by Gasteiger charge is -2.14. The topological polar surface area (TPSA) is 75.7 Å². The first-order chi connectivity index (χ1) is 13.9. The maximum atomic E-state index is 12.4. The quantitative estimate of drug-likeness (QED) is 0.601. The number of halogens is 3. The van der Waals surface area contributed by atoms with Crippen molar-refractivity contribution in [2.24, 2.45) is 0 Å². The second kappa shape index (κ2) is 9.13. The molecule has 0 fully saturated rings. The molecule has 0 spiro atoms. The molecule has 29 heavy (non-hydrogen) atoms. The van der Waals surface area contributed by atoms with Gasteiger partial charge in [-0.1, -0.05) is 34.1 Å². The van der Waals surface area contributed by atoms with E-state index in [9.17, 15) is 23.2 Å². The summed E-state index contributed by atoms with van der Waals surface area (Å²) in [6, 6.07) is 11.1. The Hall–Kier alpha value is -2.81. The number of fused-ring (bicyclic) bond motifs is 1. The molecule has 9 heteroatoms. The number of para-hydroxylation sites is 1. The fraction of sp³-hybridized carbons (Fsp3) is 0.250. The number of hydrogen-bond acceptors (Lipinski definition) is 4. The Morgan fingerprint density at radius 1 is 1.10 bits per heavy atom. The molecule has 0 aromatic heterocycles. The van der Waals surface area contributed by atoms with Crippen LogP contribution in [-0.2, 0) is 11.3 Å². The van der Waals surface area contributed by atoms with Crippen molar-refractivity contribution < 1.29 is 27.9 Å². The van der Waals surface area contributed by atoms with Gasteiger partial charge in [-0.05, 0) is 30.7 Å². The van der Waals surface area contributed by atoms with E-state index in [2.05, 4.69) is 26.0 Å². The van der Waals surface area contributed by atoms with Crippen LogP contribution < -0.4 is 10.1 Å². The van der Waals surface area contributed by atoms with Crippen LogP contribution in [0.2, 0.25) is 0 Å². The van der Waals surface area contributed by atoms with Crippen LogP contribution in [0.1, 0.15) is 39.1 Å². The lowest BCUT2D eigenvalue weighted by molar-refractivity contribution is -0.121. The zero-order valence-corrected chi connectivity index (χ0v) is 16.7. The Morgan fingerprint density at radius 3 is 2.59 bits per heavy atom. The second-order valence-corrected chi connectivity index (χ2v) is 7.23. The van der Waals surface area contributed by atoms with E-state index in [0.717, 1.165) is 4.90 Å². The highest BCUT2D eigenvalue weighted by Gasteiger charge is 2.35. The highest BCUT2D eigenvalue weighted by molar-refractivity contribution is 9.10. The van der Waals surface area contributed by atoms with Gasteiger partial charge in [-0.25, -0.2) is 0 Å². The molecular formula is C20H17BrF2N2O4. The molecule has 0 atom stereocenters. The fourth-order valence-corrected chi connectivity index (χ4v) is 3.37. The van der Waals surface area contributed by atoms with Crippen LogP contribution in [0.25, 0.3) is 0 Å². The third kappa shape index (κ3) is 4.97. The van der Waals surface area contributed by atoms with Crippen molar-refractivity contribution >= 4 is 33.7 Å². The minimum absolute atomic E-state index is 0.0000136. The molecule has 0 unspecified atom stereocenters. The number of hydrogen-bond donors (Lipinski definition) is 1. The Bertz CT molecular complexity index is 952. The van der Waals surface area contributed by atoms with E-state index in [-0.39, 0.29) is 49.4 Å². The first-order valence-corrected chi connectivity index (χ1v) is 9.61. The lowest BCUT2D eigenvalue weighted by atomic mass is 10.1. The largest absolute Gasteiger partial charge is 0.434 e. The summed E-state index contributed by atoms with van der Waals surface area (Å²) in [5.41, 5.74) is 1.11. The van der Waals surface area contributed by atoms with Crippen LogP contribution in [0, 0.1) is 0 Å². The Labute approximate surface area is 174 Å². The summed E-state index contributed by atoms with van der Waals surface area (Å²) in [5.74, 6) is -1.09. The van der Waals surface area contributed by atoms with E-state index in [1.165, 1.54) is 6.07 Å². The third-order valence-electron chi connectivity index (χ3n) is 4.38. The number of imide groups is 1. The van der Waals surface area contributed by atoms with E-state index in [1.54, 1.807) is 36.4 Å². The number of carbonyl (C=O) groups is 3. The number of nitrogens with zero attached hydrogens (tertiary/aromatic N) is 1. The van der Waals surface area contributed by atoms with Crippen molar-refractivity contribution in [1.82, 2.24) is 10.2 Å². The van der Waals surface area contributed by atoms with Gasteiger partial charge < -0.3 is 10.1 Å². The van der Waals surface area contributed by atoms with E-state index in [0.29, 0.717) is 21.2 Å². The molecule has 6 nitrogen and oxygen atoms in total. The molecule has 3 rings (SSSR count). The Balaban J connectivity index is 1.49. The van der Waals surface area contributed by atoms with Gasteiger partial charge in [0.15, 0.2) is 0 Å². The fourth-order valence-electron chi connectivity index (χ4n) is 3.01. The van der Waals surface area contributed by atoms with Gasteiger partial charge in [0.1, 0.15) is 5.75 Å². The number of ether oxygens (including phenoxy) is 1. The third-order valence-corrected chi connectivity index (χ3v) is 4.88. The number of benzene rings is 2. The van der Waals surface area contributed by atoms with E-state index < -0.39 is 6.61 Å². The minimum Gasteiger partial charge on any atom is -0.434 e. The standard InChI is InChI=1S/C20H17BrF2N2O4/c21-13-7-8-14-15(10-13)19(28)25(18(14)27)9-3-6-17(26)24-11-12-4-1-2-5-16(12)29-20(22)23/h1-2,4-5,7-8,10,20H,3,6,9,11H2,(H,24,26). The molecule has 1 N–H and O–H groups in total. The molecule has 0 radical (unpaired) electrons. The summed E-state index contributed by atoms with van der Waals surface area (Å²) in [4.78, 5) is 37.9. The van der Waals surface area contributed by atoms with Crippen molar-refractivity contribution in [2.75, 3.05) is 6.54 Å². The summed E-state index contributed by atoms with van der Waals surface area (Å²) < 4.78 is 30.0. The smallest absolute Gasteiger partial charge is 0.387 e. The van der Waals surface area contributed by atoms with Gasteiger partial charge in [-0.3, -0.25) is 19.3 Å². The van der Waals surface area contributed by atoms with Crippen molar-refractivity contribution in [3.05, 3.63) is 63.6 Å². The Kier molecular flexibility index (Phi) is 6.58. The molecule has 1 aliphatic heterocycles. The molecule has 1 heterocycles. The molecular weight excluding hydrogens is 450 g/mol. The van der Waals surface area contributed by atoms with Gasteiger partial charge in [-0.15, -0.1) is 0 Å². The van der Waals surface area contributed by atoms with Gasteiger partial charge in [0.2, 0.25) is 5.91 Å². The molecule has 0 saturated carbocycles. The van der Waals surface area contributed by atoms with Gasteiger partial charge in [0.05, 0.1) is 11.1 Å². The molecule has 152 valence electrons. The second-order valence-electron chi connectivity index (χ2n) is 6.32. The number of nitrogens with one attached hydrogen (secondary N) is 1. The number of carbonyl (C=O) groups excluding carboxylic acids is 3.